The maximum atomic E-state index is 3.57. The average molecular weight is 361 g/mol. The standard InChI is InChI=1S/C27H36/c1-5-8-11-12-15-27-24(13-9-6-2)20-26(21-25(27)14-10-7-3)23-18-16-22(4)17-19-23/h16-21H,5-11,13-14H2,1-4H3. The molecule has 2 rings (SSSR count). The molecule has 0 nitrogen and oxygen atoms in total. The number of rotatable bonds is 9. The Morgan fingerprint density at radius 2 is 1.26 bits per heavy atom. The molecule has 0 aliphatic rings. The molecule has 0 saturated heterocycles. The smallest absolute Gasteiger partial charge is 0.0309 e. The quantitative estimate of drug-likeness (QED) is 0.315. The van der Waals surface area contributed by atoms with Gasteiger partial charge in [-0.3, -0.25) is 0 Å². The van der Waals surface area contributed by atoms with Crippen LogP contribution in [0.2, 0.25) is 0 Å². The first-order valence-electron chi connectivity index (χ1n) is 10.9. The summed E-state index contributed by atoms with van der Waals surface area (Å²) in [7, 11) is 0. The summed E-state index contributed by atoms with van der Waals surface area (Å²) in [5, 5.41) is 0. The molecule has 0 bridgehead atoms. The van der Waals surface area contributed by atoms with Crippen molar-refractivity contribution in [2.45, 2.75) is 85.5 Å². The Morgan fingerprint density at radius 1 is 0.704 bits per heavy atom. The summed E-state index contributed by atoms with van der Waals surface area (Å²) in [4.78, 5) is 0. The van der Waals surface area contributed by atoms with E-state index in [2.05, 4.69) is 75.9 Å². The van der Waals surface area contributed by atoms with Crippen molar-refractivity contribution < 1.29 is 0 Å². The highest BCUT2D eigenvalue weighted by Gasteiger charge is 2.11. The van der Waals surface area contributed by atoms with Crippen LogP contribution in [0.5, 0.6) is 0 Å². The lowest BCUT2D eigenvalue weighted by Crippen LogP contribution is -2.00. The molecule has 0 atom stereocenters. The molecule has 2 aromatic rings. The molecule has 0 N–H and O–H groups in total. The fraction of sp³-hybridized carbons (Fsp3) is 0.481. The van der Waals surface area contributed by atoms with Gasteiger partial charge in [0, 0.05) is 12.0 Å². The van der Waals surface area contributed by atoms with Crippen LogP contribution in [0.1, 0.15) is 88.0 Å². The van der Waals surface area contributed by atoms with E-state index in [-0.39, 0.29) is 0 Å². The first kappa shape index (κ1) is 21.3. The number of hydrogen-bond donors (Lipinski definition) is 0. The first-order chi connectivity index (χ1) is 13.2. The highest BCUT2D eigenvalue weighted by Crippen LogP contribution is 2.28. The van der Waals surface area contributed by atoms with Crippen LogP contribution in [0.3, 0.4) is 0 Å². The average Bonchev–Trinajstić information content (AvgIpc) is 2.69. The summed E-state index contributed by atoms with van der Waals surface area (Å²) in [6.07, 6.45) is 10.6. The molecule has 2 aromatic carbocycles. The monoisotopic (exact) mass is 360 g/mol. The van der Waals surface area contributed by atoms with E-state index in [4.69, 9.17) is 0 Å². The molecule has 0 aliphatic heterocycles. The van der Waals surface area contributed by atoms with Gasteiger partial charge in [0.2, 0.25) is 0 Å². The van der Waals surface area contributed by atoms with Gasteiger partial charge in [-0.05, 0) is 73.4 Å². The molecular formula is C27H36. The van der Waals surface area contributed by atoms with Crippen molar-refractivity contribution in [3.05, 3.63) is 58.7 Å². The molecule has 0 fully saturated rings. The Hall–Kier alpha value is -2.00. The van der Waals surface area contributed by atoms with Gasteiger partial charge in [0.1, 0.15) is 0 Å². The second-order valence-electron chi connectivity index (χ2n) is 7.65. The van der Waals surface area contributed by atoms with Crippen molar-refractivity contribution in [3.8, 4) is 23.0 Å². The van der Waals surface area contributed by atoms with E-state index in [0.29, 0.717) is 0 Å². The molecule has 0 heteroatoms. The maximum absolute atomic E-state index is 3.57. The molecule has 0 radical (unpaired) electrons. The van der Waals surface area contributed by atoms with E-state index in [1.54, 1.807) is 0 Å². The predicted octanol–water partition coefficient (Wildman–Crippen LogP) is 7.89. The van der Waals surface area contributed by atoms with Crippen LogP contribution in [0.4, 0.5) is 0 Å². The van der Waals surface area contributed by atoms with Gasteiger partial charge < -0.3 is 0 Å². The van der Waals surface area contributed by atoms with E-state index in [1.807, 2.05) is 0 Å². The largest absolute Gasteiger partial charge is 0.0979 e. The third-order valence-electron chi connectivity index (χ3n) is 5.15. The van der Waals surface area contributed by atoms with E-state index >= 15 is 0 Å². The van der Waals surface area contributed by atoms with Gasteiger partial charge in [-0.1, -0.05) is 81.7 Å². The van der Waals surface area contributed by atoms with Crippen molar-refractivity contribution in [1.29, 1.82) is 0 Å². The van der Waals surface area contributed by atoms with Crippen molar-refractivity contribution in [3.63, 3.8) is 0 Å². The number of hydrogen-bond acceptors (Lipinski definition) is 0. The van der Waals surface area contributed by atoms with Crippen molar-refractivity contribution in [1.82, 2.24) is 0 Å². The summed E-state index contributed by atoms with van der Waals surface area (Å²) in [6, 6.07) is 13.7. The third-order valence-corrected chi connectivity index (χ3v) is 5.15. The van der Waals surface area contributed by atoms with Crippen LogP contribution in [0.25, 0.3) is 11.1 Å². The summed E-state index contributed by atoms with van der Waals surface area (Å²) in [5.74, 6) is 7.03. The zero-order chi connectivity index (χ0) is 19.5. The van der Waals surface area contributed by atoms with Gasteiger partial charge in [0.25, 0.3) is 0 Å². The van der Waals surface area contributed by atoms with Crippen LogP contribution in [-0.4, -0.2) is 0 Å². The Bertz CT molecular complexity index is 724. The lowest BCUT2D eigenvalue weighted by atomic mass is 9.89. The zero-order valence-electron chi connectivity index (χ0n) is 17.8. The number of unbranched alkanes of at least 4 members (excludes halogenated alkanes) is 4. The molecule has 27 heavy (non-hydrogen) atoms. The van der Waals surface area contributed by atoms with E-state index < -0.39 is 0 Å². The topological polar surface area (TPSA) is 0 Å². The van der Waals surface area contributed by atoms with Gasteiger partial charge in [-0.15, -0.1) is 0 Å². The maximum Gasteiger partial charge on any atom is 0.0309 e. The van der Waals surface area contributed by atoms with Gasteiger partial charge in [0.15, 0.2) is 0 Å². The molecule has 0 saturated carbocycles. The Kier molecular flexibility index (Phi) is 9.20. The van der Waals surface area contributed by atoms with Crippen molar-refractivity contribution in [2.24, 2.45) is 0 Å². The van der Waals surface area contributed by atoms with Gasteiger partial charge in [0.05, 0.1) is 0 Å². The summed E-state index contributed by atoms with van der Waals surface area (Å²) >= 11 is 0. The number of benzene rings is 2. The molecule has 0 aliphatic carbocycles. The second-order valence-corrected chi connectivity index (χ2v) is 7.65. The fourth-order valence-electron chi connectivity index (χ4n) is 3.39. The normalized spacial score (nSPS) is 10.5. The Balaban J connectivity index is 2.49. The Labute approximate surface area is 167 Å². The van der Waals surface area contributed by atoms with Crippen LogP contribution in [-0.2, 0) is 12.8 Å². The molecular weight excluding hydrogens is 324 g/mol. The highest BCUT2D eigenvalue weighted by atomic mass is 14.1. The van der Waals surface area contributed by atoms with Crippen LogP contribution in [0.15, 0.2) is 36.4 Å². The van der Waals surface area contributed by atoms with Gasteiger partial charge in [-0.2, -0.15) is 0 Å². The van der Waals surface area contributed by atoms with Crippen LogP contribution >= 0.6 is 0 Å². The highest BCUT2D eigenvalue weighted by molar-refractivity contribution is 5.68. The second kappa shape index (κ2) is 11.7. The predicted molar refractivity (Wildman–Crippen MR) is 120 cm³/mol. The molecule has 0 spiro atoms. The van der Waals surface area contributed by atoms with Crippen molar-refractivity contribution >= 4 is 0 Å². The minimum absolute atomic E-state index is 1.01. The van der Waals surface area contributed by atoms with E-state index in [1.165, 1.54) is 71.9 Å². The third kappa shape index (κ3) is 6.59. The molecule has 0 aromatic heterocycles. The van der Waals surface area contributed by atoms with Crippen molar-refractivity contribution in [2.75, 3.05) is 0 Å². The molecule has 0 heterocycles. The lowest BCUT2D eigenvalue weighted by molar-refractivity contribution is 0.778. The molecule has 0 unspecified atom stereocenters. The summed E-state index contributed by atoms with van der Waals surface area (Å²) in [5.41, 5.74) is 8.21. The Morgan fingerprint density at radius 3 is 1.78 bits per heavy atom. The van der Waals surface area contributed by atoms with E-state index in [9.17, 15) is 0 Å². The van der Waals surface area contributed by atoms with Crippen LogP contribution in [0, 0.1) is 18.8 Å². The minimum atomic E-state index is 1.01. The molecule has 0 amide bonds. The fourth-order valence-corrected chi connectivity index (χ4v) is 3.39. The van der Waals surface area contributed by atoms with Gasteiger partial charge in [-0.25, -0.2) is 0 Å². The van der Waals surface area contributed by atoms with Gasteiger partial charge >= 0.3 is 0 Å². The lowest BCUT2D eigenvalue weighted by Gasteiger charge is -2.14. The minimum Gasteiger partial charge on any atom is -0.0979 e. The first-order valence-corrected chi connectivity index (χ1v) is 10.9. The van der Waals surface area contributed by atoms with E-state index in [0.717, 1.165) is 19.3 Å². The SMILES string of the molecule is CCCCC#Cc1c(CCCC)cc(-c2ccc(C)cc2)cc1CCCC. The zero-order valence-corrected chi connectivity index (χ0v) is 17.8. The summed E-state index contributed by atoms with van der Waals surface area (Å²) in [6.45, 7) is 8.93. The summed E-state index contributed by atoms with van der Waals surface area (Å²) < 4.78 is 0. The van der Waals surface area contributed by atoms with Crippen LogP contribution < -0.4 is 0 Å². The molecule has 144 valence electrons. The number of aryl methyl sites for hydroxylation is 3.